The number of morpholine rings is 1. The Bertz CT molecular complexity index is 329. The Morgan fingerprint density at radius 1 is 1.65 bits per heavy atom. The summed E-state index contributed by atoms with van der Waals surface area (Å²) in [6, 6.07) is 0. The Labute approximate surface area is 93.7 Å². The minimum atomic E-state index is -5.03. The number of carbonyl (C=O) groups is 1. The monoisotopic (exact) mass is 254 g/mol. The fourth-order valence-corrected chi connectivity index (χ4v) is 1.18. The number of hydroxylamine groups is 2. The number of ether oxygens (including phenoxy) is 1. The van der Waals surface area contributed by atoms with Crippen molar-refractivity contribution in [3.05, 3.63) is 10.4 Å². The van der Waals surface area contributed by atoms with Gasteiger partial charge >= 0.3 is 12.1 Å². The van der Waals surface area contributed by atoms with E-state index in [9.17, 15) is 18.0 Å². The molecule has 1 fully saturated rings. The summed E-state index contributed by atoms with van der Waals surface area (Å²) >= 11 is 0. The Morgan fingerprint density at radius 3 is 2.94 bits per heavy atom. The number of azide groups is 1. The maximum atomic E-state index is 11.9. The number of halogens is 3. The number of hydrogen-bond donors (Lipinski definition) is 0. The van der Waals surface area contributed by atoms with Crippen LogP contribution in [-0.2, 0) is 14.4 Å². The van der Waals surface area contributed by atoms with Crippen LogP contribution in [-0.4, -0.2) is 49.6 Å². The summed E-state index contributed by atoms with van der Waals surface area (Å²) < 4.78 is 40.8. The molecule has 0 amide bonds. The fraction of sp³-hybridized carbons (Fsp3) is 0.857. The molecule has 0 aromatic heterocycles. The Morgan fingerprint density at radius 2 is 2.35 bits per heavy atom. The van der Waals surface area contributed by atoms with Crippen molar-refractivity contribution >= 4 is 5.97 Å². The molecule has 0 radical (unpaired) electrons. The van der Waals surface area contributed by atoms with Gasteiger partial charge in [0.2, 0.25) is 0 Å². The molecule has 1 rings (SSSR count). The van der Waals surface area contributed by atoms with E-state index in [4.69, 9.17) is 10.3 Å². The van der Waals surface area contributed by atoms with Crippen LogP contribution >= 0.6 is 0 Å². The summed E-state index contributed by atoms with van der Waals surface area (Å²) in [6.07, 6.45) is -5.61. The van der Waals surface area contributed by atoms with Gasteiger partial charge in [0.05, 0.1) is 32.3 Å². The number of alkyl halides is 3. The van der Waals surface area contributed by atoms with Crippen molar-refractivity contribution in [2.24, 2.45) is 5.11 Å². The molecule has 0 N–H and O–H groups in total. The molecular weight excluding hydrogens is 245 g/mol. The maximum Gasteiger partial charge on any atom is 0.492 e. The Balaban J connectivity index is 2.44. The Hall–Kier alpha value is -1.51. The molecule has 1 aliphatic heterocycles. The zero-order valence-corrected chi connectivity index (χ0v) is 8.55. The lowest BCUT2D eigenvalue weighted by atomic mass is 10.3. The first kappa shape index (κ1) is 13.6. The van der Waals surface area contributed by atoms with E-state index in [1.54, 1.807) is 0 Å². The molecule has 1 aliphatic rings. The number of nitrogens with zero attached hydrogens (tertiary/aromatic N) is 4. The topological polar surface area (TPSA) is 87.5 Å². The van der Waals surface area contributed by atoms with Crippen LogP contribution in [0.5, 0.6) is 0 Å². The van der Waals surface area contributed by atoms with Gasteiger partial charge in [-0.1, -0.05) is 5.11 Å². The summed E-state index contributed by atoms with van der Waals surface area (Å²) in [7, 11) is 0. The summed E-state index contributed by atoms with van der Waals surface area (Å²) in [5, 5.41) is 4.07. The number of hydrogen-bond acceptors (Lipinski definition) is 5. The summed E-state index contributed by atoms with van der Waals surface area (Å²) in [5.74, 6) is -2.28. The van der Waals surface area contributed by atoms with Crippen molar-refractivity contribution in [3.63, 3.8) is 0 Å². The lowest BCUT2D eigenvalue weighted by molar-refractivity contribution is -0.252. The largest absolute Gasteiger partial charge is 0.492 e. The van der Waals surface area contributed by atoms with Gasteiger partial charge in [0, 0.05) is 4.91 Å². The average Bonchev–Trinajstić information content (AvgIpc) is 2.25. The summed E-state index contributed by atoms with van der Waals surface area (Å²) in [4.78, 5) is 17.2. The zero-order valence-electron chi connectivity index (χ0n) is 8.55. The minimum Gasteiger partial charge on any atom is -0.375 e. The summed E-state index contributed by atoms with van der Waals surface area (Å²) in [5.41, 5.74) is 8.07. The molecule has 1 saturated heterocycles. The van der Waals surface area contributed by atoms with Crippen LogP contribution in [0.1, 0.15) is 0 Å². The van der Waals surface area contributed by atoms with Gasteiger partial charge in [-0.15, -0.1) is 5.06 Å². The molecular formula is C7H9F3N4O3. The van der Waals surface area contributed by atoms with E-state index in [2.05, 4.69) is 14.9 Å². The molecule has 0 spiro atoms. The fourth-order valence-electron chi connectivity index (χ4n) is 1.18. The molecule has 17 heavy (non-hydrogen) atoms. The van der Waals surface area contributed by atoms with E-state index in [0.717, 1.165) is 5.06 Å². The van der Waals surface area contributed by atoms with Crippen LogP contribution < -0.4 is 0 Å². The highest BCUT2D eigenvalue weighted by molar-refractivity contribution is 5.75. The van der Waals surface area contributed by atoms with E-state index in [-0.39, 0.29) is 26.2 Å². The highest BCUT2D eigenvalue weighted by atomic mass is 19.4. The van der Waals surface area contributed by atoms with Crippen LogP contribution in [0.3, 0.4) is 0 Å². The van der Waals surface area contributed by atoms with Gasteiger partial charge in [0.15, 0.2) is 0 Å². The van der Waals surface area contributed by atoms with Crippen molar-refractivity contribution in [1.29, 1.82) is 0 Å². The van der Waals surface area contributed by atoms with E-state index < -0.39 is 18.2 Å². The third kappa shape index (κ3) is 4.47. The van der Waals surface area contributed by atoms with Crippen molar-refractivity contribution in [3.8, 4) is 0 Å². The van der Waals surface area contributed by atoms with Gasteiger partial charge in [-0.25, -0.2) is 4.79 Å². The molecule has 1 atom stereocenters. The number of rotatable bonds is 3. The quantitative estimate of drug-likeness (QED) is 0.427. The van der Waals surface area contributed by atoms with E-state index in [1.807, 2.05) is 0 Å². The van der Waals surface area contributed by atoms with Crippen LogP contribution in [0, 0.1) is 0 Å². The van der Waals surface area contributed by atoms with Crippen LogP contribution in [0.15, 0.2) is 5.11 Å². The van der Waals surface area contributed by atoms with E-state index in [0.29, 0.717) is 0 Å². The second-order valence-corrected chi connectivity index (χ2v) is 3.17. The van der Waals surface area contributed by atoms with Crippen molar-refractivity contribution in [2.45, 2.75) is 12.3 Å². The molecule has 0 aliphatic carbocycles. The van der Waals surface area contributed by atoms with Crippen LogP contribution in [0.25, 0.3) is 10.4 Å². The lowest BCUT2D eigenvalue weighted by Crippen LogP contribution is -2.46. The number of carbonyl (C=O) groups excluding carboxylic acids is 1. The predicted octanol–water partition coefficient (Wildman–Crippen LogP) is 1.02. The highest BCUT2D eigenvalue weighted by Crippen LogP contribution is 2.18. The maximum absolute atomic E-state index is 11.9. The minimum absolute atomic E-state index is 0.0312. The van der Waals surface area contributed by atoms with Crippen LogP contribution in [0.2, 0.25) is 0 Å². The van der Waals surface area contributed by atoms with E-state index >= 15 is 0 Å². The van der Waals surface area contributed by atoms with Crippen molar-refractivity contribution in [1.82, 2.24) is 5.06 Å². The van der Waals surface area contributed by atoms with Gasteiger partial charge in [0.25, 0.3) is 0 Å². The van der Waals surface area contributed by atoms with Gasteiger partial charge in [-0.05, 0) is 5.53 Å². The smallest absolute Gasteiger partial charge is 0.375 e. The molecule has 0 saturated carbocycles. The second-order valence-electron chi connectivity index (χ2n) is 3.17. The van der Waals surface area contributed by atoms with Gasteiger partial charge in [0.1, 0.15) is 0 Å². The molecule has 7 nitrogen and oxygen atoms in total. The lowest BCUT2D eigenvalue weighted by Gasteiger charge is -2.30. The SMILES string of the molecule is [N-]=[N+]=NCC1CN(OC(=O)C(F)(F)F)CCO1. The summed E-state index contributed by atoms with van der Waals surface area (Å²) in [6.45, 7) is 0.0305. The third-order valence-corrected chi connectivity index (χ3v) is 1.89. The van der Waals surface area contributed by atoms with Crippen LogP contribution in [0.4, 0.5) is 13.2 Å². The van der Waals surface area contributed by atoms with Gasteiger partial charge in [-0.3, -0.25) is 0 Å². The molecule has 1 heterocycles. The first-order valence-electron chi connectivity index (χ1n) is 4.60. The first-order chi connectivity index (χ1) is 7.93. The standard InChI is InChI=1S/C7H9F3N4O3/c8-7(9,10)6(15)17-14-1-2-16-5(4-14)3-12-13-11/h5H,1-4H2. The highest BCUT2D eigenvalue weighted by Gasteiger charge is 2.43. The van der Waals surface area contributed by atoms with E-state index in [1.165, 1.54) is 0 Å². The molecule has 0 aromatic rings. The van der Waals surface area contributed by atoms with Gasteiger partial charge in [-0.2, -0.15) is 13.2 Å². The van der Waals surface area contributed by atoms with Crippen molar-refractivity contribution in [2.75, 3.05) is 26.2 Å². The normalized spacial score (nSPS) is 21.7. The van der Waals surface area contributed by atoms with Gasteiger partial charge < -0.3 is 9.57 Å². The molecule has 96 valence electrons. The predicted molar refractivity (Wildman–Crippen MR) is 47.5 cm³/mol. The van der Waals surface area contributed by atoms with Crippen molar-refractivity contribution < 1.29 is 27.5 Å². The molecule has 0 bridgehead atoms. The molecule has 1 unspecified atom stereocenters. The molecule has 0 aromatic carbocycles. The second kappa shape index (κ2) is 5.71. The first-order valence-corrected chi connectivity index (χ1v) is 4.60. The zero-order chi connectivity index (χ0) is 12.9. The third-order valence-electron chi connectivity index (χ3n) is 1.89. The Kier molecular flexibility index (Phi) is 4.55. The average molecular weight is 254 g/mol. The molecule has 10 heteroatoms.